The van der Waals surface area contributed by atoms with Crippen LogP contribution >= 0.6 is 23.1 Å². The summed E-state index contributed by atoms with van der Waals surface area (Å²) in [4.78, 5) is 23.7. The van der Waals surface area contributed by atoms with Crippen molar-refractivity contribution in [3.8, 4) is 16.2 Å². The van der Waals surface area contributed by atoms with Crippen molar-refractivity contribution in [3.63, 3.8) is 0 Å². The molecule has 4 aromatic rings. The average molecular weight is 422 g/mol. The van der Waals surface area contributed by atoms with Crippen molar-refractivity contribution in [2.75, 3.05) is 18.2 Å². The zero-order valence-corrected chi connectivity index (χ0v) is 17.6. The minimum Gasteiger partial charge on any atom is -0.495 e. The highest BCUT2D eigenvalue weighted by atomic mass is 32.2. The molecule has 0 fully saturated rings. The van der Waals surface area contributed by atoms with E-state index in [9.17, 15) is 4.79 Å². The SMILES string of the molecule is COc1ccccc1NC(=O)CSc1nc(C)nc2sc(-c3ccccc3)cc12. The van der Waals surface area contributed by atoms with Gasteiger partial charge in [-0.3, -0.25) is 4.79 Å². The van der Waals surface area contributed by atoms with Crippen LogP contribution in [-0.4, -0.2) is 28.7 Å². The van der Waals surface area contributed by atoms with Gasteiger partial charge in [0.15, 0.2) is 0 Å². The zero-order chi connectivity index (χ0) is 20.2. The smallest absolute Gasteiger partial charge is 0.234 e. The molecule has 0 unspecified atom stereocenters. The number of aromatic nitrogens is 2. The van der Waals surface area contributed by atoms with Crippen LogP contribution in [0.3, 0.4) is 0 Å². The van der Waals surface area contributed by atoms with Gasteiger partial charge in [-0.15, -0.1) is 11.3 Å². The highest BCUT2D eigenvalue weighted by Crippen LogP contribution is 2.36. The fourth-order valence-corrected chi connectivity index (χ4v) is 4.91. The molecule has 29 heavy (non-hydrogen) atoms. The lowest BCUT2D eigenvalue weighted by atomic mass is 10.2. The normalized spacial score (nSPS) is 10.8. The van der Waals surface area contributed by atoms with Crippen LogP contribution in [0.1, 0.15) is 5.82 Å². The Bertz CT molecular complexity index is 1160. The Morgan fingerprint density at radius 3 is 2.66 bits per heavy atom. The second-order valence-electron chi connectivity index (χ2n) is 6.31. The van der Waals surface area contributed by atoms with Crippen molar-refractivity contribution >= 4 is 44.9 Å². The molecule has 0 atom stereocenters. The highest BCUT2D eigenvalue weighted by molar-refractivity contribution is 8.00. The quantitative estimate of drug-likeness (QED) is 0.333. The summed E-state index contributed by atoms with van der Waals surface area (Å²) in [6, 6.07) is 19.7. The van der Waals surface area contributed by atoms with Crippen LogP contribution in [0.15, 0.2) is 65.7 Å². The van der Waals surface area contributed by atoms with E-state index in [-0.39, 0.29) is 11.7 Å². The summed E-state index contributed by atoms with van der Waals surface area (Å²) in [6.07, 6.45) is 0. The van der Waals surface area contributed by atoms with Crippen LogP contribution in [0.4, 0.5) is 5.69 Å². The number of ether oxygens (including phenoxy) is 1. The highest BCUT2D eigenvalue weighted by Gasteiger charge is 2.14. The standard InChI is InChI=1S/C22H19N3O2S2/c1-14-23-21(28-13-20(26)25-17-10-6-7-11-18(17)27-2)16-12-19(29-22(16)24-14)15-8-4-3-5-9-15/h3-12H,13H2,1-2H3,(H,25,26). The van der Waals surface area contributed by atoms with Gasteiger partial charge in [-0.05, 0) is 30.7 Å². The van der Waals surface area contributed by atoms with E-state index in [0.29, 0.717) is 17.3 Å². The van der Waals surface area contributed by atoms with Crippen LogP contribution in [0.2, 0.25) is 0 Å². The maximum Gasteiger partial charge on any atom is 0.234 e. The molecule has 5 nitrogen and oxygen atoms in total. The first-order chi connectivity index (χ1) is 14.1. The third-order valence-electron chi connectivity index (χ3n) is 4.25. The second-order valence-corrected chi connectivity index (χ2v) is 8.30. The Morgan fingerprint density at radius 2 is 1.86 bits per heavy atom. The van der Waals surface area contributed by atoms with Crippen molar-refractivity contribution in [1.82, 2.24) is 9.97 Å². The van der Waals surface area contributed by atoms with E-state index in [1.165, 1.54) is 11.8 Å². The van der Waals surface area contributed by atoms with Crippen LogP contribution in [0.25, 0.3) is 20.7 Å². The summed E-state index contributed by atoms with van der Waals surface area (Å²) in [5.41, 5.74) is 1.81. The fourth-order valence-electron chi connectivity index (χ4n) is 2.92. The van der Waals surface area contributed by atoms with E-state index < -0.39 is 0 Å². The number of hydrogen-bond acceptors (Lipinski definition) is 6. The lowest BCUT2D eigenvalue weighted by Gasteiger charge is -2.09. The Labute approximate surface area is 177 Å². The molecule has 1 amide bonds. The van der Waals surface area contributed by atoms with Crippen molar-refractivity contribution in [1.29, 1.82) is 0 Å². The molecule has 0 saturated carbocycles. The molecule has 2 heterocycles. The summed E-state index contributed by atoms with van der Waals surface area (Å²) < 4.78 is 5.29. The number of benzene rings is 2. The number of anilines is 1. The van der Waals surface area contributed by atoms with E-state index >= 15 is 0 Å². The van der Waals surface area contributed by atoms with Gasteiger partial charge in [0.05, 0.1) is 18.6 Å². The molecule has 0 saturated heterocycles. The topological polar surface area (TPSA) is 64.1 Å². The number of rotatable bonds is 6. The number of aryl methyl sites for hydroxylation is 1. The van der Waals surface area contributed by atoms with E-state index in [2.05, 4.69) is 33.5 Å². The maximum atomic E-state index is 12.5. The minimum atomic E-state index is -0.109. The van der Waals surface area contributed by atoms with E-state index in [1.807, 2.05) is 49.4 Å². The number of para-hydroxylation sites is 2. The number of amides is 1. The van der Waals surface area contributed by atoms with E-state index in [0.717, 1.165) is 25.7 Å². The molecule has 0 aliphatic carbocycles. The summed E-state index contributed by atoms with van der Waals surface area (Å²) in [5, 5.41) is 4.70. The summed E-state index contributed by atoms with van der Waals surface area (Å²) in [7, 11) is 1.58. The number of carbonyl (C=O) groups excluding carboxylic acids is 1. The molecule has 2 aromatic carbocycles. The van der Waals surface area contributed by atoms with Gasteiger partial charge < -0.3 is 10.1 Å². The number of nitrogens with zero attached hydrogens (tertiary/aromatic N) is 2. The van der Waals surface area contributed by atoms with Crippen molar-refractivity contribution < 1.29 is 9.53 Å². The Balaban J connectivity index is 1.54. The van der Waals surface area contributed by atoms with E-state index in [4.69, 9.17) is 4.74 Å². The molecule has 0 aliphatic heterocycles. The number of methoxy groups -OCH3 is 1. The first-order valence-corrected chi connectivity index (χ1v) is 10.8. The van der Waals surface area contributed by atoms with Gasteiger partial charge in [0.2, 0.25) is 5.91 Å². The number of hydrogen-bond donors (Lipinski definition) is 1. The van der Waals surface area contributed by atoms with Crippen LogP contribution in [0, 0.1) is 6.92 Å². The number of carbonyl (C=O) groups is 1. The van der Waals surface area contributed by atoms with Gasteiger partial charge in [-0.1, -0.05) is 54.2 Å². The number of thioether (sulfide) groups is 1. The zero-order valence-electron chi connectivity index (χ0n) is 16.0. The number of nitrogens with one attached hydrogen (secondary N) is 1. The monoisotopic (exact) mass is 421 g/mol. The first kappa shape index (κ1) is 19.4. The third kappa shape index (κ3) is 4.41. The van der Waals surface area contributed by atoms with Crippen molar-refractivity contribution in [2.45, 2.75) is 11.9 Å². The lowest BCUT2D eigenvalue weighted by Crippen LogP contribution is -2.14. The van der Waals surface area contributed by atoms with Gasteiger partial charge in [-0.25, -0.2) is 9.97 Å². The van der Waals surface area contributed by atoms with Crippen LogP contribution in [0.5, 0.6) is 5.75 Å². The summed E-state index contributed by atoms with van der Waals surface area (Å²) in [5.74, 6) is 1.48. The largest absolute Gasteiger partial charge is 0.495 e. The number of thiophene rings is 1. The van der Waals surface area contributed by atoms with Gasteiger partial charge >= 0.3 is 0 Å². The molecule has 7 heteroatoms. The van der Waals surface area contributed by atoms with Gasteiger partial charge in [0.1, 0.15) is 21.4 Å². The second kappa shape index (κ2) is 8.63. The van der Waals surface area contributed by atoms with Crippen molar-refractivity contribution in [3.05, 3.63) is 66.5 Å². The third-order valence-corrected chi connectivity index (χ3v) is 6.32. The fraction of sp³-hybridized carbons (Fsp3) is 0.136. The number of fused-ring (bicyclic) bond motifs is 1. The molecule has 2 aromatic heterocycles. The van der Waals surface area contributed by atoms with Crippen LogP contribution in [-0.2, 0) is 4.79 Å². The molecular formula is C22H19N3O2S2. The predicted molar refractivity (Wildman–Crippen MR) is 120 cm³/mol. The minimum absolute atomic E-state index is 0.109. The molecule has 0 bridgehead atoms. The molecule has 4 rings (SSSR count). The molecule has 146 valence electrons. The average Bonchev–Trinajstić information content (AvgIpc) is 3.17. The molecule has 0 spiro atoms. The molecule has 0 radical (unpaired) electrons. The van der Waals surface area contributed by atoms with Gasteiger partial charge in [0, 0.05) is 10.3 Å². The Morgan fingerprint density at radius 1 is 1.10 bits per heavy atom. The van der Waals surface area contributed by atoms with Crippen LogP contribution < -0.4 is 10.1 Å². The first-order valence-electron chi connectivity index (χ1n) is 9.03. The molecule has 1 N–H and O–H groups in total. The maximum absolute atomic E-state index is 12.5. The van der Waals surface area contributed by atoms with Gasteiger partial charge in [-0.2, -0.15) is 0 Å². The molecular weight excluding hydrogens is 402 g/mol. The van der Waals surface area contributed by atoms with E-state index in [1.54, 1.807) is 18.4 Å². The van der Waals surface area contributed by atoms with Crippen molar-refractivity contribution in [2.24, 2.45) is 0 Å². The predicted octanol–water partition coefficient (Wildman–Crippen LogP) is 5.41. The summed E-state index contributed by atoms with van der Waals surface area (Å²) >= 11 is 3.06. The summed E-state index contributed by atoms with van der Waals surface area (Å²) in [6.45, 7) is 1.88. The Hall–Kier alpha value is -2.90. The molecule has 0 aliphatic rings. The van der Waals surface area contributed by atoms with Gasteiger partial charge in [0.25, 0.3) is 0 Å². The lowest BCUT2D eigenvalue weighted by molar-refractivity contribution is -0.113. The Kier molecular flexibility index (Phi) is 5.78.